The van der Waals surface area contributed by atoms with Gasteiger partial charge in [-0.2, -0.15) is 14.3 Å². The monoisotopic (exact) mass is 333 g/mol. The van der Waals surface area contributed by atoms with Gasteiger partial charge in [0.05, 0.1) is 6.04 Å². The number of primary amides is 1. The Kier molecular flexibility index (Phi) is 3.26. The molecule has 0 spiro atoms. The molecule has 0 aromatic carbocycles. The first-order valence-electron chi connectivity index (χ1n) is 6.15. The highest BCUT2D eigenvalue weighted by molar-refractivity contribution is 7.80. The van der Waals surface area contributed by atoms with Crippen LogP contribution in [0.15, 0.2) is 4.52 Å². The summed E-state index contributed by atoms with van der Waals surface area (Å²) in [5.74, 6) is -1.19. The van der Waals surface area contributed by atoms with Crippen LogP contribution in [0.25, 0.3) is 0 Å². The highest BCUT2D eigenvalue weighted by Gasteiger charge is 2.48. The summed E-state index contributed by atoms with van der Waals surface area (Å²) in [6, 6.07) is -2.01. The maximum Gasteiger partial charge on any atom is 1.00 e. The van der Waals surface area contributed by atoms with Crippen LogP contribution < -0.4 is 5.73 Å². The predicted octanol–water partition coefficient (Wildman–Crippen LogP) is -1.39. The van der Waals surface area contributed by atoms with Gasteiger partial charge in [0.1, 0.15) is 6.04 Å². The average molecular weight is 333 g/mol. The molecule has 13 heteroatoms. The van der Waals surface area contributed by atoms with E-state index in [1.165, 1.54) is 4.90 Å². The predicted molar refractivity (Wildman–Crippen MR) is 64.4 cm³/mol. The number of fused-ring (bicyclic) bond motifs is 2. The van der Waals surface area contributed by atoms with Crippen molar-refractivity contribution in [2.45, 2.75) is 24.9 Å². The van der Waals surface area contributed by atoms with Gasteiger partial charge in [-0.25, -0.2) is 13.2 Å². The van der Waals surface area contributed by atoms with Gasteiger partial charge in [0.25, 0.3) is 11.7 Å². The third-order valence-electron chi connectivity index (χ3n) is 3.44. The van der Waals surface area contributed by atoms with E-state index in [-0.39, 0.29) is 19.7 Å². The number of nitrogens with zero attached hydrogens (tertiary/aromatic N) is 4. The second-order valence-electron chi connectivity index (χ2n) is 4.81. The molecule has 1 aromatic heterocycles. The van der Waals surface area contributed by atoms with Crippen LogP contribution in [0.2, 0.25) is 0 Å². The third-order valence-corrected chi connectivity index (χ3v) is 3.78. The quantitative estimate of drug-likeness (QED) is 0.514. The SMILES string of the molecule is NC(=O)c1noc([C@@H]2CC[C@@H]3CN2C(=O)N3OS(=O)(=O)[O-])n1.[H+]. The van der Waals surface area contributed by atoms with Crippen LogP contribution in [-0.2, 0) is 14.7 Å². The number of carbonyl (C=O) groups is 2. The molecule has 2 atom stereocenters. The number of hydroxylamine groups is 2. The first-order chi connectivity index (χ1) is 10.3. The van der Waals surface area contributed by atoms with E-state index in [1.54, 1.807) is 0 Å². The summed E-state index contributed by atoms with van der Waals surface area (Å²) >= 11 is 0. The van der Waals surface area contributed by atoms with E-state index in [9.17, 15) is 22.6 Å². The van der Waals surface area contributed by atoms with Crippen LogP contribution in [-0.4, -0.2) is 57.6 Å². The highest BCUT2D eigenvalue weighted by atomic mass is 32.3. The molecule has 0 unspecified atom stereocenters. The molecule has 120 valence electrons. The second-order valence-corrected chi connectivity index (χ2v) is 5.78. The van der Waals surface area contributed by atoms with E-state index in [1.807, 2.05) is 0 Å². The Balaban J connectivity index is 0.00000192. The maximum atomic E-state index is 12.1. The first kappa shape index (κ1) is 14.7. The average Bonchev–Trinajstić information content (AvgIpc) is 2.99. The second kappa shape index (κ2) is 4.89. The van der Waals surface area contributed by atoms with Gasteiger partial charge in [-0.05, 0) is 12.8 Å². The van der Waals surface area contributed by atoms with Crippen molar-refractivity contribution in [1.29, 1.82) is 0 Å². The van der Waals surface area contributed by atoms with Crippen molar-refractivity contribution < 1.29 is 32.8 Å². The number of rotatable bonds is 4. The minimum Gasteiger partial charge on any atom is -0.724 e. The minimum absolute atomic E-state index is 0. The van der Waals surface area contributed by atoms with Crippen LogP contribution in [0, 0.1) is 0 Å². The molecule has 2 fully saturated rings. The molecule has 3 heterocycles. The lowest BCUT2D eigenvalue weighted by Gasteiger charge is -2.27. The molecule has 22 heavy (non-hydrogen) atoms. The van der Waals surface area contributed by atoms with Gasteiger partial charge in [-0.3, -0.25) is 4.79 Å². The Morgan fingerprint density at radius 3 is 2.82 bits per heavy atom. The van der Waals surface area contributed by atoms with Crippen molar-refractivity contribution in [2.75, 3.05) is 6.54 Å². The van der Waals surface area contributed by atoms with Crippen LogP contribution >= 0.6 is 0 Å². The van der Waals surface area contributed by atoms with Crippen molar-refractivity contribution in [1.82, 2.24) is 20.1 Å². The first-order valence-corrected chi connectivity index (χ1v) is 7.48. The summed E-state index contributed by atoms with van der Waals surface area (Å²) in [4.78, 5) is 28.1. The standard InChI is InChI=1S/C9H11N5O7S/c10-6(15)7-11-8(20-12-7)5-2-1-4-3-13(5)9(16)14(4)21-22(17,18)19/h4-5H,1-3H2,(H2,10,15)(H,17,18,19)/t4-,5+/m1/s1. The van der Waals surface area contributed by atoms with Crippen LogP contribution in [0.3, 0.4) is 0 Å². The van der Waals surface area contributed by atoms with Gasteiger partial charge < -0.3 is 19.7 Å². The fourth-order valence-electron chi connectivity index (χ4n) is 2.56. The number of carbonyl (C=O) groups excluding carboxylic acids is 2. The molecule has 1 aromatic rings. The van der Waals surface area contributed by atoms with E-state index in [4.69, 9.17) is 10.3 Å². The number of aromatic nitrogens is 2. The van der Waals surface area contributed by atoms with Crippen molar-refractivity contribution in [3.63, 3.8) is 0 Å². The summed E-state index contributed by atoms with van der Waals surface area (Å²) in [6.07, 6.45) is 0.728. The molecule has 3 rings (SSSR count). The largest absolute Gasteiger partial charge is 1.00 e. The van der Waals surface area contributed by atoms with Gasteiger partial charge in [-0.15, -0.1) is 0 Å². The molecule has 2 bridgehead atoms. The Labute approximate surface area is 125 Å². The van der Waals surface area contributed by atoms with Gasteiger partial charge in [-0.1, -0.05) is 5.16 Å². The molecule has 2 N–H and O–H groups in total. The fourth-order valence-corrected chi connectivity index (χ4v) is 2.94. The number of urea groups is 1. The van der Waals surface area contributed by atoms with E-state index in [0.717, 1.165) is 0 Å². The number of piperidine rings is 1. The zero-order valence-electron chi connectivity index (χ0n) is 11.9. The van der Waals surface area contributed by atoms with Crippen molar-refractivity contribution >= 4 is 22.3 Å². The summed E-state index contributed by atoms with van der Waals surface area (Å²) in [5, 5.41) is 3.92. The zero-order chi connectivity index (χ0) is 16.1. The van der Waals surface area contributed by atoms with Crippen molar-refractivity contribution in [3.8, 4) is 0 Å². The van der Waals surface area contributed by atoms with Gasteiger partial charge in [0.15, 0.2) is 0 Å². The number of amides is 3. The van der Waals surface area contributed by atoms with Crippen LogP contribution in [0.4, 0.5) is 4.79 Å². The normalized spacial score (nSPS) is 24.9. The molecule has 0 radical (unpaired) electrons. The van der Waals surface area contributed by atoms with Gasteiger partial charge >= 0.3 is 7.46 Å². The van der Waals surface area contributed by atoms with Crippen molar-refractivity contribution in [3.05, 3.63) is 11.7 Å². The fraction of sp³-hybridized carbons (Fsp3) is 0.556. The third kappa shape index (κ3) is 2.49. The van der Waals surface area contributed by atoms with E-state index in [2.05, 4.69) is 14.4 Å². The topological polar surface area (TPSA) is 172 Å². The molecule has 12 nitrogen and oxygen atoms in total. The molecule has 3 amide bonds. The minimum atomic E-state index is -5.05. The molecule has 0 aliphatic carbocycles. The molecular weight excluding hydrogens is 322 g/mol. The smallest absolute Gasteiger partial charge is 0.724 e. The number of hydrogen-bond acceptors (Lipinski definition) is 9. The Morgan fingerprint density at radius 1 is 1.50 bits per heavy atom. The lowest BCUT2D eigenvalue weighted by atomic mass is 10.0. The van der Waals surface area contributed by atoms with Crippen molar-refractivity contribution in [2.24, 2.45) is 5.73 Å². The number of nitrogens with two attached hydrogens (primary N) is 1. The van der Waals surface area contributed by atoms with Crippen LogP contribution in [0.5, 0.6) is 0 Å². The number of hydrogen-bond donors (Lipinski definition) is 1. The summed E-state index contributed by atoms with van der Waals surface area (Å²) in [7, 11) is -5.05. The summed E-state index contributed by atoms with van der Waals surface area (Å²) in [5.41, 5.74) is 5.02. The molecular formula is C9H11N5O7S. The maximum absolute atomic E-state index is 12.1. The van der Waals surface area contributed by atoms with Crippen LogP contribution in [0.1, 0.15) is 36.8 Å². The Morgan fingerprint density at radius 2 is 2.23 bits per heavy atom. The molecule has 2 saturated heterocycles. The zero-order valence-corrected chi connectivity index (χ0v) is 11.7. The Hall–Kier alpha value is -2.25. The lowest BCUT2D eigenvalue weighted by molar-refractivity contribution is -0.0328. The summed E-state index contributed by atoms with van der Waals surface area (Å²) < 4.78 is 41.1. The van der Waals surface area contributed by atoms with Gasteiger partial charge in [0.2, 0.25) is 16.3 Å². The van der Waals surface area contributed by atoms with E-state index >= 15 is 0 Å². The Bertz CT molecular complexity index is 736. The highest BCUT2D eigenvalue weighted by Crippen LogP contribution is 2.38. The molecule has 0 saturated carbocycles. The van der Waals surface area contributed by atoms with Gasteiger partial charge in [0, 0.05) is 6.54 Å². The lowest BCUT2D eigenvalue weighted by Crippen LogP contribution is -2.35. The van der Waals surface area contributed by atoms with E-state index < -0.39 is 34.4 Å². The van der Waals surface area contributed by atoms with E-state index in [0.29, 0.717) is 17.9 Å². The molecule has 2 aliphatic heterocycles. The summed E-state index contributed by atoms with van der Waals surface area (Å²) in [6.45, 7) is 0.132. The molecule has 2 aliphatic rings.